The summed E-state index contributed by atoms with van der Waals surface area (Å²) in [6.45, 7) is 15.1. The van der Waals surface area contributed by atoms with Crippen LogP contribution in [0.5, 0.6) is 0 Å². The minimum Gasteiger partial charge on any atom is -0.370 e. The van der Waals surface area contributed by atoms with Gasteiger partial charge in [0.15, 0.2) is 5.65 Å². The standard InChI is InChI=1S/C26H36N8O/c1-15(2)23-24(19-13-34-26(29-14-30-34)18(6)17(19)5)31-20-7-8-22(32-25(20)23)28-10-12-33(16(3)4)11-9-21(27)35/h7-8,13-16,31H,9-12H2,1-6H3,(H2,27,35)(H,28,32). The van der Waals surface area contributed by atoms with Crippen molar-refractivity contribution in [1.29, 1.82) is 0 Å². The first kappa shape index (κ1) is 24.7. The van der Waals surface area contributed by atoms with Crippen molar-refractivity contribution in [3.8, 4) is 11.3 Å². The number of aromatic nitrogens is 5. The van der Waals surface area contributed by atoms with Crippen LogP contribution in [0.3, 0.4) is 0 Å². The number of anilines is 1. The number of hydrogen-bond donors (Lipinski definition) is 3. The average Bonchev–Trinajstić information content (AvgIpc) is 3.42. The predicted octanol–water partition coefficient (Wildman–Crippen LogP) is 4.01. The lowest BCUT2D eigenvalue weighted by Gasteiger charge is -2.26. The number of carbonyl (C=O) groups is 1. The van der Waals surface area contributed by atoms with E-state index in [0.717, 1.165) is 52.4 Å². The fourth-order valence-electron chi connectivity index (χ4n) is 4.62. The van der Waals surface area contributed by atoms with Gasteiger partial charge in [0.2, 0.25) is 5.91 Å². The largest absolute Gasteiger partial charge is 0.370 e. The van der Waals surface area contributed by atoms with E-state index in [9.17, 15) is 4.79 Å². The molecule has 186 valence electrons. The van der Waals surface area contributed by atoms with Gasteiger partial charge in [-0.2, -0.15) is 5.10 Å². The Morgan fingerprint density at radius 1 is 1.17 bits per heavy atom. The number of nitrogens with zero attached hydrogens (tertiary/aromatic N) is 5. The van der Waals surface area contributed by atoms with Gasteiger partial charge in [0.05, 0.1) is 16.7 Å². The summed E-state index contributed by atoms with van der Waals surface area (Å²) >= 11 is 0. The Hall–Kier alpha value is -3.46. The molecular formula is C26H36N8O. The number of nitrogens with one attached hydrogen (secondary N) is 2. The summed E-state index contributed by atoms with van der Waals surface area (Å²) in [6, 6.07) is 4.43. The maximum atomic E-state index is 11.2. The van der Waals surface area contributed by atoms with Gasteiger partial charge < -0.3 is 16.0 Å². The summed E-state index contributed by atoms with van der Waals surface area (Å²) in [6.07, 6.45) is 4.01. The quantitative estimate of drug-likeness (QED) is 0.318. The van der Waals surface area contributed by atoms with Crippen LogP contribution in [0.2, 0.25) is 0 Å². The number of carbonyl (C=O) groups excluding carboxylic acids is 1. The zero-order valence-corrected chi connectivity index (χ0v) is 21.5. The molecule has 0 aliphatic rings. The molecule has 0 aliphatic carbocycles. The minimum atomic E-state index is -0.270. The number of aryl methyl sites for hydroxylation is 1. The number of nitrogens with two attached hydrogens (primary N) is 1. The van der Waals surface area contributed by atoms with E-state index in [1.165, 1.54) is 11.1 Å². The Kier molecular flexibility index (Phi) is 7.07. The highest BCUT2D eigenvalue weighted by atomic mass is 16.1. The zero-order valence-electron chi connectivity index (χ0n) is 21.5. The molecule has 0 unspecified atom stereocenters. The summed E-state index contributed by atoms with van der Waals surface area (Å²) in [5, 5.41) is 7.83. The van der Waals surface area contributed by atoms with Crippen molar-refractivity contribution < 1.29 is 4.79 Å². The lowest BCUT2D eigenvalue weighted by atomic mass is 9.95. The van der Waals surface area contributed by atoms with Crippen LogP contribution >= 0.6 is 0 Å². The number of fused-ring (bicyclic) bond motifs is 2. The van der Waals surface area contributed by atoms with Crippen LogP contribution in [0.25, 0.3) is 27.9 Å². The van der Waals surface area contributed by atoms with Gasteiger partial charge in [0.25, 0.3) is 0 Å². The number of rotatable bonds is 10. The van der Waals surface area contributed by atoms with Crippen molar-refractivity contribution in [2.24, 2.45) is 5.73 Å². The number of primary amides is 1. The predicted molar refractivity (Wildman–Crippen MR) is 141 cm³/mol. The number of hydrogen-bond acceptors (Lipinski definition) is 6. The first-order valence-corrected chi connectivity index (χ1v) is 12.3. The molecule has 0 atom stereocenters. The molecule has 35 heavy (non-hydrogen) atoms. The van der Waals surface area contributed by atoms with E-state index in [1.54, 1.807) is 6.33 Å². The first-order chi connectivity index (χ1) is 16.7. The maximum Gasteiger partial charge on any atom is 0.218 e. The molecule has 4 heterocycles. The van der Waals surface area contributed by atoms with Crippen LogP contribution < -0.4 is 11.1 Å². The normalized spacial score (nSPS) is 12.0. The molecule has 0 radical (unpaired) electrons. The second kappa shape index (κ2) is 10.0. The monoisotopic (exact) mass is 476 g/mol. The second-order valence-electron chi connectivity index (χ2n) is 9.75. The molecule has 0 bridgehead atoms. The number of pyridine rings is 2. The van der Waals surface area contributed by atoms with Crippen LogP contribution in [0.4, 0.5) is 5.82 Å². The van der Waals surface area contributed by atoms with Gasteiger partial charge >= 0.3 is 0 Å². The topological polar surface area (TPSA) is 117 Å². The van der Waals surface area contributed by atoms with Gasteiger partial charge in [-0.15, -0.1) is 0 Å². The van der Waals surface area contributed by atoms with Crippen LogP contribution in [-0.2, 0) is 4.79 Å². The van der Waals surface area contributed by atoms with E-state index in [4.69, 9.17) is 10.7 Å². The molecule has 4 rings (SSSR count). The maximum absolute atomic E-state index is 11.2. The zero-order chi connectivity index (χ0) is 25.3. The molecule has 9 nitrogen and oxygen atoms in total. The molecule has 0 spiro atoms. The highest BCUT2D eigenvalue weighted by Crippen LogP contribution is 2.37. The Morgan fingerprint density at radius 2 is 1.94 bits per heavy atom. The SMILES string of the molecule is Cc1c(-c2[nH]c3ccc(NCCN(CCC(N)=O)C(C)C)nc3c2C(C)C)cn2ncnc2c1C. The van der Waals surface area contributed by atoms with Crippen molar-refractivity contribution in [1.82, 2.24) is 29.5 Å². The lowest BCUT2D eigenvalue weighted by Crippen LogP contribution is -2.37. The fraction of sp³-hybridized carbons (Fsp3) is 0.462. The van der Waals surface area contributed by atoms with Crippen molar-refractivity contribution in [3.05, 3.63) is 41.3 Å². The van der Waals surface area contributed by atoms with Crippen LogP contribution in [-0.4, -0.2) is 61.0 Å². The van der Waals surface area contributed by atoms with Crippen molar-refractivity contribution in [2.45, 2.75) is 59.9 Å². The molecule has 1 amide bonds. The second-order valence-corrected chi connectivity index (χ2v) is 9.75. The Bertz CT molecular complexity index is 1350. The number of H-pyrrole nitrogens is 1. The summed E-state index contributed by atoms with van der Waals surface area (Å²) in [7, 11) is 0. The van der Waals surface area contributed by atoms with Gasteiger partial charge in [0.1, 0.15) is 12.1 Å². The summed E-state index contributed by atoms with van der Waals surface area (Å²) in [5.74, 6) is 0.842. The summed E-state index contributed by atoms with van der Waals surface area (Å²) < 4.78 is 1.84. The molecule has 0 aromatic carbocycles. The van der Waals surface area contributed by atoms with Crippen molar-refractivity contribution >= 4 is 28.4 Å². The van der Waals surface area contributed by atoms with Gasteiger partial charge in [-0.25, -0.2) is 14.5 Å². The van der Waals surface area contributed by atoms with Crippen LogP contribution in [0, 0.1) is 13.8 Å². The third-order valence-electron chi connectivity index (χ3n) is 6.73. The average molecular weight is 477 g/mol. The van der Waals surface area contributed by atoms with E-state index in [-0.39, 0.29) is 11.8 Å². The number of amides is 1. The summed E-state index contributed by atoms with van der Waals surface area (Å²) in [4.78, 5) is 26.4. The van der Waals surface area contributed by atoms with E-state index in [2.05, 4.69) is 72.9 Å². The number of aromatic amines is 1. The van der Waals surface area contributed by atoms with E-state index in [0.29, 0.717) is 19.0 Å². The van der Waals surface area contributed by atoms with Crippen molar-refractivity contribution in [3.63, 3.8) is 0 Å². The first-order valence-electron chi connectivity index (χ1n) is 12.3. The van der Waals surface area contributed by atoms with Gasteiger partial charge in [-0.3, -0.25) is 9.69 Å². The Labute approximate surface area is 206 Å². The van der Waals surface area contributed by atoms with Crippen LogP contribution in [0.1, 0.15) is 56.7 Å². The fourth-order valence-corrected chi connectivity index (χ4v) is 4.62. The molecular weight excluding hydrogens is 440 g/mol. The van der Waals surface area contributed by atoms with Crippen LogP contribution in [0.15, 0.2) is 24.7 Å². The molecule has 0 saturated carbocycles. The van der Waals surface area contributed by atoms with Gasteiger partial charge in [0, 0.05) is 49.4 Å². The molecule has 0 fully saturated rings. The molecule has 9 heteroatoms. The highest BCUT2D eigenvalue weighted by molar-refractivity contribution is 5.90. The van der Waals surface area contributed by atoms with Gasteiger partial charge in [-0.05, 0) is 56.9 Å². The Morgan fingerprint density at radius 3 is 2.63 bits per heavy atom. The van der Waals surface area contributed by atoms with E-state index < -0.39 is 0 Å². The molecule has 4 aromatic rings. The third kappa shape index (κ3) is 5.00. The third-order valence-corrected chi connectivity index (χ3v) is 6.73. The molecule has 4 N–H and O–H groups in total. The summed E-state index contributed by atoms with van der Waals surface area (Å²) in [5.41, 5.74) is 13.9. The lowest BCUT2D eigenvalue weighted by molar-refractivity contribution is -0.118. The minimum absolute atomic E-state index is 0.270. The Balaban J connectivity index is 1.63. The molecule has 0 saturated heterocycles. The highest BCUT2D eigenvalue weighted by Gasteiger charge is 2.21. The van der Waals surface area contributed by atoms with Gasteiger partial charge in [-0.1, -0.05) is 13.8 Å². The van der Waals surface area contributed by atoms with E-state index >= 15 is 0 Å². The van der Waals surface area contributed by atoms with E-state index in [1.807, 2.05) is 16.8 Å². The molecule has 4 aromatic heterocycles. The molecule has 0 aliphatic heterocycles. The smallest absolute Gasteiger partial charge is 0.218 e. The van der Waals surface area contributed by atoms with Crippen molar-refractivity contribution in [2.75, 3.05) is 25.0 Å².